The van der Waals surface area contributed by atoms with Crippen LogP contribution in [0.3, 0.4) is 0 Å². The van der Waals surface area contributed by atoms with E-state index in [1.807, 2.05) is 6.07 Å². The quantitative estimate of drug-likeness (QED) is 0.856. The fraction of sp³-hybridized carbons (Fsp3) is 0.583. The maximum Gasteiger partial charge on any atom is 0.422 e. The summed E-state index contributed by atoms with van der Waals surface area (Å²) in [6.45, 7) is 0.912. The number of furan rings is 1. The van der Waals surface area contributed by atoms with Gasteiger partial charge in [-0.05, 0) is 12.1 Å². The van der Waals surface area contributed by atoms with Crippen molar-refractivity contribution in [3.8, 4) is 0 Å². The molecule has 0 radical (unpaired) electrons. The fourth-order valence-electron chi connectivity index (χ4n) is 1.95. The van der Waals surface area contributed by atoms with Gasteiger partial charge in [0.05, 0.1) is 12.8 Å². The second-order valence-electron chi connectivity index (χ2n) is 4.51. The van der Waals surface area contributed by atoms with Gasteiger partial charge in [-0.3, -0.25) is 4.90 Å². The van der Waals surface area contributed by atoms with Crippen molar-refractivity contribution >= 4 is 6.09 Å². The van der Waals surface area contributed by atoms with E-state index >= 15 is 0 Å². The Labute approximate surface area is 113 Å². The molecule has 1 aromatic heterocycles. The summed E-state index contributed by atoms with van der Waals surface area (Å²) in [4.78, 5) is 14.8. The summed E-state index contributed by atoms with van der Waals surface area (Å²) in [5.41, 5.74) is 0. The molecule has 0 spiro atoms. The first-order valence-electron chi connectivity index (χ1n) is 6.17. The first kappa shape index (κ1) is 14.7. The molecule has 112 valence electrons. The van der Waals surface area contributed by atoms with Crippen LogP contribution in [0.4, 0.5) is 18.0 Å². The third-order valence-electron chi connectivity index (χ3n) is 2.95. The van der Waals surface area contributed by atoms with E-state index in [-0.39, 0.29) is 0 Å². The lowest BCUT2D eigenvalue weighted by molar-refractivity contribution is -0.162. The Morgan fingerprint density at radius 1 is 1.30 bits per heavy atom. The van der Waals surface area contributed by atoms with Crippen molar-refractivity contribution in [2.75, 3.05) is 32.8 Å². The smallest absolute Gasteiger partial charge is 0.422 e. The molecule has 1 amide bonds. The SMILES string of the molecule is O=C(OCC(F)(F)F)N1CCN(Cc2ccco2)CC1. The molecule has 1 aromatic rings. The van der Waals surface area contributed by atoms with Gasteiger partial charge in [0.2, 0.25) is 0 Å². The molecule has 1 fully saturated rings. The first-order valence-corrected chi connectivity index (χ1v) is 6.17. The molecule has 1 saturated heterocycles. The van der Waals surface area contributed by atoms with Gasteiger partial charge in [-0.2, -0.15) is 13.2 Å². The zero-order valence-electron chi connectivity index (χ0n) is 10.7. The Hall–Kier alpha value is -1.70. The van der Waals surface area contributed by atoms with Crippen LogP contribution in [0.15, 0.2) is 22.8 Å². The van der Waals surface area contributed by atoms with Gasteiger partial charge in [-0.25, -0.2) is 4.79 Å². The highest BCUT2D eigenvalue weighted by Gasteiger charge is 2.31. The molecule has 0 bridgehead atoms. The second kappa shape index (κ2) is 6.17. The molecule has 8 heteroatoms. The summed E-state index contributed by atoms with van der Waals surface area (Å²) in [6, 6.07) is 3.64. The molecule has 2 rings (SSSR count). The third kappa shape index (κ3) is 4.44. The lowest BCUT2D eigenvalue weighted by Crippen LogP contribution is -2.48. The Morgan fingerprint density at radius 3 is 2.55 bits per heavy atom. The molecular formula is C12H15F3N2O3. The van der Waals surface area contributed by atoms with Crippen molar-refractivity contribution in [3.05, 3.63) is 24.2 Å². The minimum atomic E-state index is -4.49. The maximum atomic E-state index is 11.9. The Balaban J connectivity index is 1.72. The molecule has 0 unspecified atom stereocenters. The van der Waals surface area contributed by atoms with Crippen molar-refractivity contribution in [2.24, 2.45) is 0 Å². The van der Waals surface area contributed by atoms with Gasteiger partial charge < -0.3 is 14.1 Å². The maximum absolute atomic E-state index is 11.9. The van der Waals surface area contributed by atoms with Gasteiger partial charge in [0.15, 0.2) is 6.61 Å². The highest BCUT2D eigenvalue weighted by molar-refractivity contribution is 5.67. The van der Waals surface area contributed by atoms with Crippen LogP contribution >= 0.6 is 0 Å². The number of carbonyl (C=O) groups is 1. The van der Waals surface area contributed by atoms with Gasteiger partial charge in [0, 0.05) is 26.2 Å². The second-order valence-corrected chi connectivity index (χ2v) is 4.51. The number of alkyl halides is 3. The van der Waals surface area contributed by atoms with Crippen molar-refractivity contribution in [1.29, 1.82) is 0 Å². The predicted octanol–water partition coefficient (Wildman–Crippen LogP) is 2.10. The summed E-state index contributed by atoms with van der Waals surface area (Å²) in [7, 11) is 0. The molecule has 0 atom stereocenters. The van der Waals surface area contributed by atoms with E-state index < -0.39 is 18.9 Å². The van der Waals surface area contributed by atoms with Crippen LogP contribution in [0.5, 0.6) is 0 Å². The van der Waals surface area contributed by atoms with E-state index in [9.17, 15) is 18.0 Å². The Kier molecular flexibility index (Phi) is 4.53. The van der Waals surface area contributed by atoms with Crippen LogP contribution in [0.25, 0.3) is 0 Å². The molecule has 5 nitrogen and oxygen atoms in total. The number of hydrogen-bond acceptors (Lipinski definition) is 4. The summed E-state index contributed by atoms with van der Waals surface area (Å²) < 4.78 is 45.3. The van der Waals surface area contributed by atoms with E-state index in [0.717, 1.165) is 5.76 Å². The number of carbonyl (C=O) groups excluding carboxylic acids is 1. The fourth-order valence-corrected chi connectivity index (χ4v) is 1.95. The summed E-state index contributed by atoms with van der Waals surface area (Å²) in [6.07, 6.45) is -3.82. The van der Waals surface area contributed by atoms with Gasteiger partial charge in [0.25, 0.3) is 0 Å². The lowest BCUT2D eigenvalue weighted by atomic mass is 10.3. The number of amides is 1. The van der Waals surface area contributed by atoms with Crippen LogP contribution < -0.4 is 0 Å². The van der Waals surface area contributed by atoms with E-state index in [0.29, 0.717) is 32.7 Å². The Morgan fingerprint density at radius 2 is 2.00 bits per heavy atom. The van der Waals surface area contributed by atoms with E-state index in [2.05, 4.69) is 9.64 Å². The minimum Gasteiger partial charge on any atom is -0.468 e. The summed E-state index contributed by atoms with van der Waals surface area (Å²) in [5, 5.41) is 0. The molecule has 2 heterocycles. The molecular weight excluding hydrogens is 277 g/mol. The molecule has 1 aliphatic heterocycles. The molecule has 0 saturated carbocycles. The zero-order chi connectivity index (χ0) is 14.6. The number of nitrogens with zero attached hydrogens (tertiary/aromatic N) is 2. The van der Waals surface area contributed by atoms with Crippen molar-refractivity contribution < 1.29 is 27.1 Å². The van der Waals surface area contributed by atoms with Gasteiger partial charge in [0.1, 0.15) is 5.76 Å². The Bertz CT molecular complexity index is 426. The van der Waals surface area contributed by atoms with Gasteiger partial charge in [-0.15, -0.1) is 0 Å². The number of hydrogen-bond donors (Lipinski definition) is 0. The first-order chi connectivity index (χ1) is 9.44. The average Bonchev–Trinajstić information content (AvgIpc) is 2.89. The van der Waals surface area contributed by atoms with Crippen LogP contribution in [0.1, 0.15) is 5.76 Å². The van der Waals surface area contributed by atoms with Crippen molar-refractivity contribution in [3.63, 3.8) is 0 Å². The zero-order valence-corrected chi connectivity index (χ0v) is 10.7. The molecule has 0 aliphatic carbocycles. The van der Waals surface area contributed by atoms with E-state index in [1.165, 1.54) is 4.90 Å². The number of halogens is 3. The monoisotopic (exact) mass is 292 g/mol. The third-order valence-corrected chi connectivity index (χ3v) is 2.95. The predicted molar refractivity (Wildman–Crippen MR) is 63.0 cm³/mol. The molecule has 1 aliphatic rings. The average molecular weight is 292 g/mol. The topological polar surface area (TPSA) is 45.9 Å². The van der Waals surface area contributed by atoms with Gasteiger partial charge in [-0.1, -0.05) is 0 Å². The molecule has 0 N–H and O–H groups in total. The normalized spacial score (nSPS) is 17.2. The van der Waals surface area contributed by atoms with Crippen LogP contribution in [0, 0.1) is 0 Å². The number of piperazine rings is 1. The lowest BCUT2D eigenvalue weighted by Gasteiger charge is -2.33. The van der Waals surface area contributed by atoms with Crippen molar-refractivity contribution in [2.45, 2.75) is 12.7 Å². The minimum absolute atomic E-state index is 0.345. The highest BCUT2D eigenvalue weighted by atomic mass is 19.4. The highest BCUT2D eigenvalue weighted by Crippen LogP contribution is 2.16. The van der Waals surface area contributed by atoms with Crippen LogP contribution in [0.2, 0.25) is 0 Å². The van der Waals surface area contributed by atoms with Crippen molar-refractivity contribution in [1.82, 2.24) is 9.80 Å². The van der Waals surface area contributed by atoms with Crippen LogP contribution in [-0.4, -0.2) is 54.9 Å². The van der Waals surface area contributed by atoms with E-state index in [1.54, 1.807) is 12.3 Å². The van der Waals surface area contributed by atoms with E-state index in [4.69, 9.17) is 4.42 Å². The molecule has 20 heavy (non-hydrogen) atoms. The largest absolute Gasteiger partial charge is 0.468 e. The molecule has 0 aromatic carbocycles. The standard InChI is InChI=1S/C12H15F3N2O3/c13-12(14,15)9-20-11(18)17-5-3-16(4-6-17)8-10-2-1-7-19-10/h1-2,7H,3-6,8-9H2. The van der Waals surface area contributed by atoms with Crippen LogP contribution in [-0.2, 0) is 11.3 Å². The number of ether oxygens (including phenoxy) is 1. The summed E-state index contributed by atoms with van der Waals surface area (Å²) >= 11 is 0. The summed E-state index contributed by atoms with van der Waals surface area (Å²) in [5.74, 6) is 0.818. The van der Waals surface area contributed by atoms with Gasteiger partial charge >= 0.3 is 12.3 Å². The number of rotatable bonds is 3.